The fourth-order valence-corrected chi connectivity index (χ4v) is 1.62. The zero-order chi connectivity index (χ0) is 11.8. The zero-order valence-electron chi connectivity index (χ0n) is 9.23. The zero-order valence-corrected chi connectivity index (χ0v) is 9.23. The van der Waals surface area contributed by atoms with Gasteiger partial charge in [-0.05, 0) is 12.1 Å². The molecule has 0 atom stereocenters. The molecule has 0 saturated carbocycles. The van der Waals surface area contributed by atoms with Gasteiger partial charge in [0.2, 0.25) is 5.89 Å². The number of carbonyl (C=O) groups is 1. The molecule has 0 spiro atoms. The number of hydrogen-bond acceptors (Lipinski definition) is 3. The molecule has 4 heteroatoms. The standard InChI is InChI=1S/C12H13NO3/c1-12(2,7-10(14)15)11-13-8-5-3-4-6-9(8)16-11/h3-6H,7H2,1-2H3,(H,14,15). The molecule has 4 nitrogen and oxygen atoms in total. The van der Waals surface area contributed by atoms with Crippen molar-refractivity contribution in [3.63, 3.8) is 0 Å². The van der Waals surface area contributed by atoms with Gasteiger partial charge < -0.3 is 9.52 Å². The molecule has 16 heavy (non-hydrogen) atoms. The third-order valence-electron chi connectivity index (χ3n) is 2.47. The van der Waals surface area contributed by atoms with Crippen LogP contribution in [0.15, 0.2) is 28.7 Å². The van der Waals surface area contributed by atoms with Crippen LogP contribution in [0.3, 0.4) is 0 Å². The quantitative estimate of drug-likeness (QED) is 0.861. The molecule has 0 amide bonds. The van der Waals surface area contributed by atoms with E-state index < -0.39 is 11.4 Å². The Kier molecular flexibility index (Phi) is 2.42. The average molecular weight is 219 g/mol. The summed E-state index contributed by atoms with van der Waals surface area (Å²) >= 11 is 0. The summed E-state index contributed by atoms with van der Waals surface area (Å²) in [6.45, 7) is 3.62. The molecule has 0 bridgehead atoms. The normalized spacial score (nSPS) is 11.9. The summed E-state index contributed by atoms with van der Waals surface area (Å²) in [7, 11) is 0. The average Bonchev–Trinajstić information content (AvgIpc) is 2.59. The molecule has 1 aromatic heterocycles. The van der Waals surface area contributed by atoms with Gasteiger partial charge in [0.05, 0.1) is 11.8 Å². The van der Waals surface area contributed by atoms with Gasteiger partial charge in [0.15, 0.2) is 5.58 Å². The van der Waals surface area contributed by atoms with Gasteiger partial charge in [-0.2, -0.15) is 0 Å². The fourth-order valence-electron chi connectivity index (χ4n) is 1.62. The third kappa shape index (κ3) is 1.91. The first-order valence-corrected chi connectivity index (χ1v) is 5.07. The van der Waals surface area contributed by atoms with Crippen molar-refractivity contribution in [3.8, 4) is 0 Å². The van der Waals surface area contributed by atoms with Gasteiger partial charge in [-0.1, -0.05) is 26.0 Å². The van der Waals surface area contributed by atoms with Crippen LogP contribution >= 0.6 is 0 Å². The van der Waals surface area contributed by atoms with E-state index in [9.17, 15) is 4.79 Å². The topological polar surface area (TPSA) is 63.3 Å². The number of carboxylic acid groups (broad SMARTS) is 1. The monoisotopic (exact) mass is 219 g/mol. The van der Waals surface area contributed by atoms with Crippen molar-refractivity contribution in [1.29, 1.82) is 0 Å². The lowest BCUT2D eigenvalue weighted by atomic mass is 9.89. The molecule has 84 valence electrons. The number of benzene rings is 1. The van der Waals surface area contributed by atoms with Crippen molar-refractivity contribution in [2.24, 2.45) is 0 Å². The fraction of sp³-hybridized carbons (Fsp3) is 0.333. The van der Waals surface area contributed by atoms with E-state index in [4.69, 9.17) is 9.52 Å². The van der Waals surface area contributed by atoms with Gasteiger partial charge in [0.1, 0.15) is 5.52 Å². The second kappa shape index (κ2) is 3.63. The molecule has 1 N–H and O–H groups in total. The van der Waals surface area contributed by atoms with Crippen LogP contribution < -0.4 is 0 Å². The lowest BCUT2D eigenvalue weighted by Gasteiger charge is -2.17. The summed E-state index contributed by atoms with van der Waals surface area (Å²) < 4.78 is 5.56. The first kappa shape index (κ1) is 10.7. The van der Waals surface area contributed by atoms with Gasteiger partial charge in [-0.15, -0.1) is 0 Å². The molecule has 0 aliphatic carbocycles. The molecule has 0 aliphatic rings. The first-order chi connectivity index (χ1) is 7.49. The maximum atomic E-state index is 10.7. The molecule has 0 aliphatic heterocycles. The Morgan fingerprint density at radius 1 is 1.44 bits per heavy atom. The van der Waals surface area contributed by atoms with Crippen LogP contribution in [0, 0.1) is 0 Å². The number of aliphatic carboxylic acids is 1. The van der Waals surface area contributed by atoms with Crippen molar-refractivity contribution in [3.05, 3.63) is 30.2 Å². The van der Waals surface area contributed by atoms with Gasteiger partial charge in [0.25, 0.3) is 0 Å². The van der Waals surface area contributed by atoms with E-state index in [1.54, 1.807) is 0 Å². The molecule has 1 heterocycles. The van der Waals surface area contributed by atoms with Crippen molar-refractivity contribution >= 4 is 17.1 Å². The Bertz CT molecular complexity index is 495. The van der Waals surface area contributed by atoms with Gasteiger partial charge in [0, 0.05) is 0 Å². The number of carboxylic acids is 1. The van der Waals surface area contributed by atoms with Gasteiger partial charge in [-0.25, -0.2) is 4.98 Å². The second-order valence-corrected chi connectivity index (χ2v) is 4.44. The highest BCUT2D eigenvalue weighted by Crippen LogP contribution is 2.29. The predicted molar refractivity (Wildman–Crippen MR) is 59.3 cm³/mol. The molecule has 2 rings (SSSR count). The molecular formula is C12H13NO3. The number of fused-ring (bicyclic) bond motifs is 1. The number of rotatable bonds is 3. The van der Waals surface area contributed by atoms with Crippen LogP contribution in [0.4, 0.5) is 0 Å². The Hall–Kier alpha value is -1.84. The highest BCUT2D eigenvalue weighted by Gasteiger charge is 2.29. The van der Waals surface area contributed by atoms with Crippen molar-refractivity contribution in [1.82, 2.24) is 4.98 Å². The van der Waals surface area contributed by atoms with Crippen LogP contribution in [-0.4, -0.2) is 16.1 Å². The summed E-state index contributed by atoms with van der Waals surface area (Å²) in [5, 5.41) is 8.82. The Morgan fingerprint density at radius 2 is 2.12 bits per heavy atom. The molecule has 0 saturated heterocycles. The maximum Gasteiger partial charge on any atom is 0.304 e. The minimum absolute atomic E-state index is 0.000177. The van der Waals surface area contributed by atoms with Crippen molar-refractivity contribution < 1.29 is 14.3 Å². The number of nitrogens with zero attached hydrogens (tertiary/aromatic N) is 1. The van der Waals surface area contributed by atoms with Gasteiger partial charge >= 0.3 is 5.97 Å². The van der Waals surface area contributed by atoms with E-state index in [0.717, 1.165) is 5.52 Å². The van der Waals surface area contributed by atoms with Crippen LogP contribution in [0.25, 0.3) is 11.1 Å². The Balaban J connectivity index is 2.43. The molecular weight excluding hydrogens is 206 g/mol. The van der Waals surface area contributed by atoms with Crippen molar-refractivity contribution in [2.45, 2.75) is 25.7 Å². The Labute approximate surface area is 92.9 Å². The highest BCUT2D eigenvalue weighted by molar-refractivity contribution is 5.73. The van der Waals surface area contributed by atoms with Crippen LogP contribution in [0.5, 0.6) is 0 Å². The molecule has 2 aromatic rings. The number of oxazole rings is 1. The lowest BCUT2D eigenvalue weighted by molar-refractivity contribution is -0.138. The summed E-state index contributed by atoms with van der Waals surface area (Å²) in [5.41, 5.74) is 0.858. The van der Waals surface area contributed by atoms with Crippen LogP contribution in [-0.2, 0) is 10.2 Å². The van der Waals surface area contributed by atoms with Crippen molar-refractivity contribution in [2.75, 3.05) is 0 Å². The van der Waals surface area contributed by atoms with E-state index in [1.807, 2.05) is 38.1 Å². The van der Waals surface area contributed by atoms with Crippen LogP contribution in [0.2, 0.25) is 0 Å². The summed E-state index contributed by atoms with van der Waals surface area (Å²) in [5.74, 6) is -0.386. The minimum Gasteiger partial charge on any atom is -0.481 e. The SMILES string of the molecule is CC(C)(CC(=O)O)c1nc2ccccc2o1. The van der Waals surface area contributed by atoms with E-state index in [0.29, 0.717) is 11.5 Å². The highest BCUT2D eigenvalue weighted by atomic mass is 16.4. The number of hydrogen-bond donors (Lipinski definition) is 1. The first-order valence-electron chi connectivity index (χ1n) is 5.07. The minimum atomic E-state index is -0.854. The maximum absolute atomic E-state index is 10.7. The van der Waals surface area contributed by atoms with E-state index in [-0.39, 0.29) is 6.42 Å². The van der Waals surface area contributed by atoms with Crippen LogP contribution in [0.1, 0.15) is 26.2 Å². The molecule has 1 aromatic carbocycles. The second-order valence-electron chi connectivity index (χ2n) is 4.44. The third-order valence-corrected chi connectivity index (χ3v) is 2.47. The summed E-state index contributed by atoms with van der Waals surface area (Å²) in [6.07, 6.45) is -0.000177. The molecule has 0 fully saturated rings. The molecule has 0 radical (unpaired) electrons. The predicted octanol–water partition coefficient (Wildman–Crippen LogP) is 2.58. The van der Waals surface area contributed by atoms with E-state index in [2.05, 4.69) is 4.98 Å². The smallest absolute Gasteiger partial charge is 0.304 e. The Morgan fingerprint density at radius 3 is 2.75 bits per heavy atom. The van der Waals surface area contributed by atoms with E-state index in [1.165, 1.54) is 0 Å². The lowest BCUT2D eigenvalue weighted by Crippen LogP contribution is -2.21. The summed E-state index contributed by atoms with van der Waals surface area (Å²) in [4.78, 5) is 15.0. The summed E-state index contributed by atoms with van der Waals surface area (Å²) in [6, 6.07) is 7.40. The largest absolute Gasteiger partial charge is 0.481 e. The van der Waals surface area contributed by atoms with E-state index >= 15 is 0 Å². The number of aromatic nitrogens is 1. The molecule has 0 unspecified atom stereocenters. The number of para-hydroxylation sites is 2. The van der Waals surface area contributed by atoms with Gasteiger partial charge in [-0.3, -0.25) is 4.79 Å².